The Kier molecular flexibility index (Phi) is 3.07. The molecule has 0 unspecified atom stereocenters. The van der Waals surface area contributed by atoms with Crippen LogP contribution in [0.3, 0.4) is 0 Å². The van der Waals surface area contributed by atoms with Gasteiger partial charge >= 0.3 is 0 Å². The number of hydrogen-bond acceptors (Lipinski definition) is 3. The van der Waals surface area contributed by atoms with Gasteiger partial charge in [0.25, 0.3) is 5.56 Å². The summed E-state index contributed by atoms with van der Waals surface area (Å²) in [6.07, 6.45) is 0. The summed E-state index contributed by atoms with van der Waals surface area (Å²) in [6.45, 7) is 2.39. The molecule has 0 N–H and O–H groups in total. The van der Waals surface area contributed by atoms with E-state index in [0.29, 0.717) is 17.4 Å². The molecular weight excluding hydrogens is 238 g/mol. The second-order valence-corrected chi connectivity index (χ2v) is 4.36. The van der Waals surface area contributed by atoms with Gasteiger partial charge in [0, 0.05) is 26.3 Å². The van der Waals surface area contributed by atoms with Crippen LogP contribution in [0.4, 0.5) is 5.69 Å². The van der Waals surface area contributed by atoms with Crippen molar-refractivity contribution in [3.63, 3.8) is 0 Å². The average molecular weight is 252 g/mol. The molecular formula is C12H14ClN3O. The molecule has 0 saturated heterocycles. The van der Waals surface area contributed by atoms with Crippen LogP contribution in [0, 0.1) is 0 Å². The minimum Gasteiger partial charge on any atom is -0.378 e. The highest BCUT2D eigenvalue weighted by Gasteiger charge is 2.09. The molecule has 0 aliphatic carbocycles. The molecule has 2 aromatic rings. The van der Waals surface area contributed by atoms with Crippen LogP contribution in [0.2, 0.25) is 5.28 Å². The van der Waals surface area contributed by atoms with Crippen LogP contribution in [-0.2, 0) is 6.54 Å². The summed E-state index contributed by atoms with van der Waals surface area (Å²) in [5.41, 5.74) is 1.52. The largest absolute Gasteiger partial charge is 0.378 e. The van der Waals surface area contributed by atoms with Crippen molar-refractivity contribution in [1.29, 1.82) is 0 Å². The quantitative estimate of drug-likeness (QED) is 0.768. The maximum atomic E-state index is 12.2. The highest BCUT2D eigenvalue weighted by molar-refractivity contribution is 6.28. The lowest BCUT2D eigenvalue weighted by molar-refractivity contribution is 0.719. The topological polar surface area (TPSA) is 38.1 Å². The molecule has 0 bridgehead atoms. The van der Waals surface area contributed by atoms with E-state index in [2.05, 4.69) is 4.98 Å². The molecule has 0 aliphatic heterocycles. The Balaban J connectivity index is 2.81. The number of anilines is 1. The smallest absolute Gasteiger partial charge is 0.262 e. The molecule has 0 saturated carbocycles. The van der Waals surface area contributed by atoms with E-state index in [1.807, 2.05) is 44.1 Å². The van der Waals surface area contributed by atoms with Crippen molar-refractivity contribution in [3.05, 3.63) is 33.8 Å². The van der Waals surface area contributed by atoms with Gasteiger partial charge in [0.1, 0.15) is 0 Å². The number of aromatic nitrogens is 2. The number of benzene rings is 1. The van der Waals surface area contributed by atoms with Gasteiger partial charge in [-0.3, -0.25) is 9.36 Å². The van der Waals surface area contributed by atoms with Crippen molar-refractivity contribution in [1.82, 2.24) is 9.55 Å². The van der Waals surface area contributed by atoms with E-state index in [4.69, 9.17) is 11.6 Å². The molecule has 2 rings (SSSR count). The zero-order valence-electron chi connectivity index (χ0n) is 10.1. The Hall–Kier alpha value is -1.55. The Labute approximate surface area is 104 Å². The first-order valence-corrected chi connectivity index (χ1v) is 5.79. The molecule has 0 aliphatic rings. The minimum absolute atomic E-state index is 0.0915. The van der Waals surface area contributed by atoms with Gasteiger partial charge in [0.05, 0.1) is 10.9 Å². The Morgan fingerprint density at radius 1 is 1.41 bits per heavy atom. The van der Waals surface area contributed by atoms with Crippen LogP contribution in [0.25, 0.3) is 10.9 Å². The predicted octanol–water partition coefficient (Wildman–Crippen LogP) is 2.14. The first kappa shape index (κ1) is 11.9. The Bertz CT molecular complexity index is 619. The lowest BCUT2D eigenvalue weighted by Gasteiger charge is -2.13. The van der Waals surface area contributed by atoms with Gasteiger partial charge in [-0.1, -0.05) is 0 Å². The highest BCUT2D eigenvalue weighted by Crippen LogP contribution is 2.18. The molecule has 1 heterocycles. The van der Waals surface area contributed by atoms with Gasteiger partial charge in [-0.15, -0.1) is 0 Å². The van der Waals surface area contributed by atoms with Crippen LogP contribution in [-0.4, -0.2) is 23.6 Å². The molecule has 0 radical (unpaired) electrons. The van der Waals surface area contributed by atoms with Gasteiger partial charge in [0.2, 0.25) is 5.28 Å². The van der Waals surface area contributed by atoms with Crippen LogP contribution in [0.5, 0.6) is 0 Å². The maximum Gasteiger partial charge on any atom is 0.262 e. The van der Waals surface area contributed by atoms with E-state index >= 15 is 0 Å². The van der Waals surface area contributed by atoms with Crippen LogP contribution in [0.15, 0.2) is 23.0 Å². The molecule has 0 atom stereocenters. The molecule has 1 aromatic heterocycles. The molecule has 1 aromatic carbocycles. The fourth-order valence-corrected chi connectivity index (χ4v) is 2.02. The Morgan fingerprint density at radius 3 is 2.71 bits per heavy atom. The second-order valence-electron chi connectivity index (χ2n) is 4.03. The zero-order valence-corrected chi connectivity index (χ0v) is 10.8. The van der Waals surface area contributed by atoms with Gasteiger partial charge in [-0.05, 0) is 36.7 Å². The standard InChI is InChI=1S/C12H14ClN3O/c1-4-16-11(17)9-7-8(15(2)3)5-6-10(9)14-12(16)13/h5-7H,4H2,1-3H3. The monoisotopic (exact) mass is 251 g/mol. The average Bonchev–Trinajstić information content (AvgIpc) is 2.29. The number of hydrogen-bond donors (Lipinski definition) is 0. The third-order valence-corrected chi connectivity index (χ3v) is 3.01. The molecule has 0 fully saturated rings. The van der Waals surface area contributed by atoms with Crippen LogP contribution in [0.1, 0.15) is 6.92 Å². The predicted molar refractivity (Wildman–Crippen MR) is 71.0 cm³/mol. The van der Waals surface area contributed by atoms with E-state index in [9.17, 15) is 4.79 Å². The van der Waals surface area contributed by atoms with E-state index in [-0.39, 0.29) is 10.8 Å². The first-order valence-electron chi connectivity index (χ1n) is 5.42. The van der Waals surface area contributed by atoms with E-state index in [1.54, 1.807) is 0 Å². The van der Waals surface area contributed by atoms with Crippen LogP contribution >= 0.6 is 11.6 Å². The van der Waals surface area contributed by atoms with Crippen molar-refractivity contribution in [2.75, 3.05) is 19.0 Å². The molecule has 90 valence electrons. The second kappa shape index (κ2) is 4.37. The lowest BCUT2D eigenvalue weighted by Crippen LogP contribution is -2.21. The molecule has 0 spiro atoms. The van der Waals surface area contributed by atoms with E-state index < -0.39 is 0 Å². The summed E-state index contributed by atoms with van der Waals surface area (Å²) in [6, 6.07) is 5.58. The fraction of sp³-hybridized carbons (Fsp3) is 0.333. The third kappa shape index (κ3) is 2.00. The SMILES string of the molecule is CCn1c(Cl)nc2ccc(N(C)C)cc2c1=O. The summed E-state index contributed by atoms with van der Waals surface area (Å²) < 4.78 is 1.46. The number of fused-ring (bicyclic) bond motifs is 1. The van der Waals surface area contributed by atoms with E-state index in [1.165, 1.54) is 4.57 Å². The van der Waals surface area contributed by atoms with Crippen molar-refractivity contribution < 1.29 is 0 Å². The summed E-state index contributed by atoms with van der Waals surface area (Å²) in [4.78, 5) is 18.3. The third-order valence-electron chi connectivity index (χ3n) is 2.72. The van der Waals surface area contributed by atoms with Gasteiger partial charge in [0.15, 0.2) is 0 Å². The van der Waals surface area contributed by atoms with Crippen molar-refractivity contribution in [2.24, 2.45) is 0 Å². The fourth-order valence-electron chi connectivity index (χ4n) is 1.73. The van der Waals surface area contributed by atoms with Gasteiger partial charge < -0.3 is 4.90 Å². The lowest BCUT2D eigenvalue weighted by atomic mass is 10.2. The summed E-state index contributed by atoms with van der Waals surface area (Å²) in [7, 11) is 3.87. The van der Waals surface area contributed by atoms with Crippen molar-refractivity contribution >= 4 is 28.2 Å². The van der Waals surface area contributed by atoms with E-state index in [0.717, 1.165) is 5.69 Å². The van der Waals surface area contributed by atoms with Gasteiger partial charge in [-0.25, -0.2) is 4.98 Å². The van der Waals surface area contributed by atoms with Crippen LogP contribution < -0.4 is 10.5 Å². The summed E-state index contributed by atoms with van der Waals surface area (Å²) in [5.74, 6) is 0. The molecule has 0 amide bonds. The first-order chi connectivity index (χ1) is 8.04. The molecule has 4 nitrogen and oxygen atoms in total. The number of halogens is 1. The van der Waals surface area contributed by atoms with Crippen molar-refractivity contribution in [2.45, 2.75) is 13.5 Å². The number of rotatable bonds is 2. The number of nitrogens with zero attached hydrogens (tertiary/aromatic N) is 3. The normalized spacial score (nSPS) is 10.8. The summed E-state index contributed by atoms with van der Waals surface area (Å²) in [5, 5.41) is 0.838. The van der Waals surface area contributed by atoms with Gasteiger partial charge in [-0.2, -0.15) is 0 Å². The zero-order chi connectivity index (χ0) is 12.6. The Morgan fingerprint density at radius 2 is 2.12 bits per heavy atom. The highest BCUT2D eigenvalue weighted by atomic mass is 35.5. The maximum absolute atomic E-state index is 12.2. The van der Waals surface area contributed by atoms with Crippen molar-refractivity contribution in [3.8, 4) is 0 Å². The molecule has 5 heteroatoms. The minimum atomic E-state index is -0.0915. The molecule has 17 heavy (non-hydrogen) atoms. The summed E-state index contributed by atoms with van der Waals surface area (Å²) >= 11 is 5.95.